The number of nitro groups is 1. The third-order valence-corrected chi connectivity index (χ3v) is 5.67. The molecule has 2 amide bonds. The number of non-ortho nitro benzene ring substituents is 1. The highest BCUT2D eigenvalue weighted by molar-refractivity contribution is 7.92. The van der Waals surface area contributed by atoms with Crippen LogP contribution >= 0.6 is 0 Å². The molecule has 2 rings (SSSR count). The van der Waals surface area contributed by atoms with E-state index in [1.54, 1.807) is 0 Å². The molecule has 1 unspecified atom stereocenters. The van der Waals surface area contributed by atoms with Crippen molar-refractivity contribution in [3.63, 3.8) is 0 Å². The molecule has 142 valence electrons. The van der Waals surface area contributed by atoms with Crippen molar-refractivity contribution in [2.45, 2.75) is 17.1 Å². The van der Waals surface area contributed by atoms with Gasteiger partial charge in [0.25, 0.3) is 17.5 Å². The Kier molecular flexibility index (Phi) is 5.85. The molecule has 1 atom stereocenters. The molecule has 2 aromatic rings. The molecule has 11 heteroatoms. The molecule has 0 aromatic heterocycles. The van der Waals surface area contributed by atoms with Gasteiger partial charge in [-0.05, 0) is 37.3 Å². The maximum Gasteiger partial charge on any atom is 0.270 e. The summed E-state index contributed by atoms with van der Waals surface area (Å²) >= 11 is 0. The number of carbonyl (C=O) groups excluding carboxylic acids is 2. The van der Waals surface area contributed by atoms with Crippen LogP contribution in [-0.4, -0.2) is 30.4 Å². The number of hydrazine groups is 1. The first-order chi connectivity index (χ1) is 12.6. The average molecular weight is 395 g/mol. The Morgan fingerprint density at radius 1 is 1.11 bits per heavy atom. The van der Waals surface area contributed by atoms with Crippen LogP contribution in [0, 0.1) is 15.9 Å². The van der Waals surface area contributed by atoms with Crippen molar-refractivity contribution in [1.82, 2.24) is 10.9 Å². The number of nitrogens with one attached hydrogen (secondary N) is 2. The van der Waals surface area contributed by atoms with E-state index in [1.807, 2.05) is 10.9 Å². The van der Waals surface area contributed by atoms with Crippen LogP contribution in [0.3, 0.4) is 0 Å². The molecule has 0 saturated heterocycles. The molecular weight excluding hydrogens is 381 g/mol. The van der Waals surface area contributed by atoms with Crippen molar-refractivity contribution < 1.29 is 27.3 Å². The van der Waals surface area contributed by atoms with E-state index < -0.39 is 37.6 Å². The molecule has 2 aromatic carbocycles. The van der Waals surface area contributed by atoms with Crippen LogP contribution in [0.5, 0.6) is 0 Å². The maximum absolute atomic E-state index is 12.9. The molecule has 27 heavy (non-hydrogen) atoms. The molecule has 0 saturated carbocycles. The normalized spacial score (nSPS) is 12.1. The predicted molar refractivity (Wildman–Crippen MR) is 91.8 cm³/mol. The predicted octanol–water partition coefficient (Wildman–Crippen LogP) is 1.36. The monoisotopic (exact) mass is 395 g/mol. The van der Waals surface area contributed by atoms with Gasteiger partial charge >= 0.3 is 0 Å². The minimum absolute atomic E-state index is 0.0986. The maximum atomic E-state index is 12.9. The van der Waals surface area contributed by atoms with Crippen molar-refractivity contribution in [2.75, 3.05) is 0 Å². The van der Waals surface area contributed by atoms with Crippen LogP contribution in [0.15, 0.2) is 53.4 Å². The van der Waals surface area contributed by atoms with E-state index in [0.29, 0.717) is 0 Å². The summed E-state index contributed by atoms with van der Waals surface area (Å²) < 4.78 is 37.6. The van der Waals surface area contributed by atoms with Crippen LogP contribution in [0.1, 0.15) is 17.3 Å². The number of rotatable bonds is 5. The second-order valence-corrected chi connectivity index (χ2v) is 7.66. The highest BCUT2D eigenvalue weighted by atomic mass is 32.2. The average Bonchev–Trinajstić information content (AvgIpc) is 2.65. The number of halogens is 1. The SMILES string of the molecule is CC(C(=O)NNC(=O)c1cccc([N+](=O)[O-])c1)S(=O)(=O)c1ccc(F)cc1. The smallest absolute Gasteiger partial charge is 0.270 e. The zero-order valence-corrected chi connectivity index (χ0v) is 14.7. The van der Waals surface area contributed by atoms with Gasteiger partial charge in [0.15, 0.2) is 9.84 Å². The molecule has 0 fully saturated rings. The first-order valence-electron chi connectivity index (χ1n) is 7.47. The van der Waals surface area contributed by atoms with Crippen LogP contribution in [-0.2, 0) is 14.6 Å². The molecular formula is C16H14FN3O6S. The first kappa shape index (κ1) is 20.0. The van der Waals surface area contributed by atoms with Crippen molar-refractivity contribution in [3.8, 4) is 0 Å². The Morgan fingerprint density at radius 3 is 2.33 bits per heavy atom. The van der Waals surface area contributed by atoms with Gasteiger partial charge in [0.2, 0.25) is 0 Å². The fraction of sp³-hybridized carbons (Fsp3) is 0.125. The fourth-order valence-electron chi connectivity index (χ4n) is 2.02. The molecule has 0 radical (unpaired) electrons. The lowest BCUT2D eigenvalue weighted by molar-refractivity contribution is -0.384. The molecule has 0 spiro atoms. The van der Waals surface area contributed by atoms with E-state index in [4.69, 9.17) is 0 Å². The van der Waals surface area contributed by atoms with Crippen LogP contribution in [0.4, 0.5) is 10.1 Å². The van der Waals surface area contributed by atoms with Crippen molar-refractivity contribution >= 4 is 27.3 Å². The van der Waals surface area contributed by atoms with E-state index in [-0.39, 0.29) is 16.1 Å². The van der Waals surface area contributed by atoms with Gasteiger partial charge in [0.1, 0.15) is 11.1 Å². The number of benzene rings is 2. The molecule has 2 N–H and O–H groups in total. The van der Waals surface area contributed by atoms with Gasteiger partial charge in [0.05, 0.1) is 9.82 Å². The summed E-state index contributed by atoms with van der Waals surface area (Å²) in [6.45, 7) is 1.10. The van der Waals surface area contributed by atoms with E-state index in [1.165, 1.54) is 18.2 Å². The van der Waals surface area contributed by atoms with Gasteiger partial charge in [-0.3, -0.25) is 30.6 Å². The van der Waals surface area contributed by atoms with Gasteiger partial charge in [0, 0.05) is 17.7 Å². The quantitative estimate of drug-likeness (QED) is 0.446. The Balaban J connectivity index is 2.06. The lowest BCUT2D eigenvalue weighted by Gasteiger charge is -2.14. The molecule has 0 aliphatic heterocycles. The summed E-state index contributed by atoms with van der Waals surface area (Å²) in [6.07, 6.45) is 0. The second kappa shape index (κ2) is 7.91. The lowest BCUT2D eigenvalue weighted by Crippen LogP contribution is -2.47. The fourth-order valence-corrected chi connectivity index (χ4v) is 3.29. The van der Waals surface area contributed by atoms with E-state index in [2.05, 4.69) is 0 Å². The minimum atomic E-state index is -4.10. The number of carbonyl (C=O) groups is 2. The summed E-state index contributed by atoms with van der Waals surface area (Å²) in [6, 6.07) is 8.70. The van der Waals surface area contributed by atoms with Crippen LogP contribution in [0.2, 0.25) is 0 Å². The topological polar surface area (TPSA) is 135 Å². The number of sulfone groups is 1. The summed E-state index contributed by atoms with van der Waals surface area (Å²) in [4.78, 5) is 33.8. The highest BCUT2D eigenvalue weighted by Crippen LogP contribution is 2.17. The zero-order valence-electron chi connectivity index (χ0n) is 13.9. The van der Waals surface area contributed by atoms with Gasteiger partial charge in [-0.2, -0.15) is 0 Å². The summed E-state index contributed by atoms with van der Waals surface area (Å²) in [7, 11) is -4.10. The molecule has 0 bridgehead atoms. The van der Waals surface area contributed by atoms with Gasteiger partial charge in [-0.15, -0.1) is 0 Å². The molecule has 0 aliphatic carbocycles. The van der Waals surface area contributed by atoms with E-state index in [0.717, 1.165) is 37.3 Å². The molecule has 0 heterocycles. The van der Waals surface area contributed by atoms with Gasteiger partial charge in [-0.25, -0.2) is 12.8 Å². The van der Waals surface area contributed by atoms with Crippen molar-refractivity contribution in [1.29, 1.82) is 0 Å². The zero-order chi connectivity index (χ0) is 20.2. The summed E-state index contributed by atoms with van der Waals surface area (Å²) in [5, 5.41) is 9.14. The van der Waals surface area contributed by atoms with Gasteiger partial charge < -0.3 is 0 Å². The largest absolute Gasteiger partial charge is 0.272 e. The number of nitro benzene ring substituents is 1. The van der Waals surface area contributed by atoms with Crippen LogP contribution in [0.25, 0.3) is 0 Å². The van der Waals surface area contributed by atoms with Gasteiger partial charge in [-0.1, -0.05) is 6.07 Å². The Bertz CT molecular complexity index is 991. The number of hydrogen-bond acceptors (Lipinski definition) is 6. The Hall–Kier alpha value is -3.34. The molecule has 9 nitrogen and oxygen atoms in total. The summed E-state index contributed by atoms with van der Waals surface area (Å²) in [5.74, 6) is -2.52. The third-order valence-electron chi connectivity index (χ3n) is 3.60. The minimum Gasteiger partial charge on any atom is -0.272 e. The highest BCUT2D eigenvalue weighted by Gasteiger charge is 2.30. The first-order valence-corrected chi connectivity index (χ1v) is 9.01. The second-order valence-electron chi connectivity index (χ2n) is 5.39. The van der Waals surface area contributed by atoms with E-state index in [9.17, 15) is 32.5 Å². The van der Waals surface area contributed by atoms with Crippen molar-refractivity contribution in [3.05, 3.63) is 70.0 Å². The number of hydrogen-bond donors (Lipinski definition) is 2. The summed E-state index contributed by atoms with van der Waals surface area (Å²) in [5.41, 5.74) is 3.53. The van der Waals surface area contributed by atoms with Crippen molar-refractivity contribution in [2.24, 2.45) is 0 Å². The third kappa shape index (κ3) is 4.64. The van der Waals surface area contributed by atoms with E-state index >= 15 is 0 Å². The number of nitrogens with zero attached hydrogens (tertiary/aromatic N) is 1. The standard InChI is InChI=1S/C16H14FN3O6S/c1-10(27(25,26)14-7-5-12(17)6-8-14)15(21)18-19-16(22)11-3-2-4-13(9-11)20(23)24/h2-10H,1H3,(H,18,21)(H,19,22). The molecule has 0 aliphatic rings. The number of amides is 2. The lowest BCUT2D eigenvalue weighted by atomic mass is 10.2. The van der Waals surface area contributed by atoms with Crippen LogP contribution < -0.4 is 10.9 Å². The Morgan fingerprint density at radius 2 is 1.74 bits per heavy atom. The Labute approximate surface area is 153 Å².